The van der Waals surface area contributed by atoms with Crippen molar-refractivity contribution >= 4 is 43.9 Å². The molecule has 0 radical (unpaired) electrons. The van der Waals surface area contributed by atoms with E-state index in [0.29, 0.717) is 11.6 Å². The van der Waals surface area contributed by atoms with E-state index in [1.807, 2.05) is 32.0 Å². The highest BCUT2D eigenvalue weighted by Crippen LogP contribution is 2.33. The Morgan fingerprint density at radius 1 is 1.25 bits per heavy atom. The van der Waals surface area contributed by atoms with Crippen molar-refractivity contribution in [1.29, 1.82) is 0 Å². The molecule has 2 aromatic carbocycles. The number of hydrogen-bond acceptors (Lipinski definition) is 2. The van der Waals surface area contributed by atoms with E-state index in [1.165, 1.54) is 5.39 Å². The van der Waals surface area contributed by atoms with Crippen LogP contribution in [-0.4, -0.2) is 11.6 Å². The van der Waals surface area contributed by atoms with Crippen LogP contribution < -0.4 is 10.5 Å². The lowest BCUT2D eigenvalue weighted by atomic mass is 9.90. The van der Waals surface area contributed by atoms with Gasteiger partial charge in [0.25, 0.3) is 0 Å². The second-order valence-electron chi connectivity index (χ2n) is 5.45. The molecule has 0 saturated heterocycles. The third kappa shape index (κ3) is 3.30. The van der Waals surface area contributed by atoms with Crippen molar-refractivity contribution in [2.24, 2.45) is 11.1 Å². The zero-order valence-corrected chi connectivity index (χ0v) is 14.1. The van der Waals surface area contributed by atoms with Gasteiger partial charge in [0.2, 0.25) is 0 Å². The highest BCUT2D eigenvalue weighted by Gasteiger charge is 2.21. The molecule has 0 atom stereocenters. The first-order valence-electron chi connectivity index (χ1n) is 6.52. The molecule has 0 aromatic heterocycles. The Labute approximate surface area is 133 Å². The van der Waals surface area contributed by atoms with Crippen LogP contribution in [-0.2, 0) is 0 Å². The fourth-order valence-corrected chi connectivity index (χ4v) is 2.57. The summed E-state index contributed by atoms with van der Waals surface area (Å²) in [6, 6.07) is 12.3. The molecular weight excluding hydrogens is 334 g/mol. The molecule has 2 aromatic rings. The van der Waals surface area contributed by atoms with Crippen LogP contribution in [0.4, 0.5) is 0 Å². The second-order valence-corrected chi connectivity index (χ2v) is 6.68. The quantitative estimate of drug-likeness (QED) is 0.794. The van der Waals surface area contributed by atoms with Gasteiger partial charge in [-0.1, -0.05) is 56.4 Å². The van der Waals surface area contributed by atoms with Gasteiger partial charge in [0.1, 0.15) is 5.75 Å². The van der Waals surface area contributed by atoms with Crippen LogP contribution in [0.1, 0.15) is 20.3 Å². The van der Waals surface area contributed by atoms with E-state index in [0.717, 1.165) is 22.0 Å². The maximum Gasteiger partial charge on any atom is 0.134 e. The van der Waals surface area contributed by atoms with E-state index in [1.54, 1.807) is 0 Å². The zero-order valence-electron chi connectivity index (χ0n) is 11.7. The number of benzene rings is 2. The molecule has 0 fully saturated rings. The van der Waals surface area contributed by atoms with Crippen LogP contribution in [0, 0.1) is 5.41 Å². The molecule has 0 heterocycles. The molecule has 0 aliphatic carbocycles. The number of thiocarbonyl (C=S) groups is 1. The molecule has 0 saturated carbocycles. The van der Waals surface area contributed by atoms with Gasteiger partial charge < -0.3 is 10.5 Å². The third-order valence-electron chi connectivity index (χ3n) is 3.48. The van der Waals surface area contributed by atoms with Gasteiger partial charge in [-0.25, -0.2) is 0 Å². The van der Waals surface area contributed by atoms with Gasteiger partial charge in [0.15, 0.2) is 0 Å². The maximum atomic E-state index is 5.87. The Hall–Kier alpha value is -1.13. The summed E-state index contributed by atoms with van der Waals surface area (Å²) in [5.41, 5.74) is 5.54. The summed E-state index contributed by atoms with van der Waals surface area (Å²) in [5, 5.41) is 2.34. The van der Waals surface area contributed by atoms with E-state index in [-0.39, 0.29) is 5.41 Å². The smallest absolute Gasteiger partial charge is 0.134 e. The molecule has 4 heteroatoms. The average molecular weight is 352 g/mol. The number of nitrogens with two attached hydrogens (primary N) is 1. The van der Waals surface area contributed by atoms with Gasteiger partial charge >= 0.3 is 0 Å². The lowest BCUT2D eigenvalue weighted by Crippen LogP contribution is -2.31. The second kappa shape index (κ2) is 6.10. The van der Waals surface area contributed by atoms with E-state index in [2.05, 4.69) is 34.1 Å². The highest BCUT2D eigenvalue weighted by atomic mass is 79.9. The summed E-state index contributed by atoms with van der Waals surface area (Å²) >= 11 is 8.68. The van der Waals surface area contributed by atoms with Crippen molar-refractivity contribution in [2.45, 2.75) is 20.3 Å². The molecule has 0 aliphatic heterocycles. The summed E-state index contributed by atoms with van der Waals surface area (Å²) in [6.45, 7) is 4.66. The molecule has 106 valence electrons. The highest BCUT2D eigenvalue weighted by molar-refractivity contribution is 9.10. The van der Waals surface area contributed by atoms with E-state index in [9.17, 15) is 0 Å². The molecule has 2 rings (SSSR count). The summed E-state index contributed by atoms with van der Waals surface area (Å²) in [7, 11) is 0. The molecular formula is C16H18BrNOS. The predicted octanol–water partition coefficient (Wildman–Crippen LogP) is 4.68. The van der Waals surface area contributed by atoms with Gasteiger partial charge in [-0.05, 0) is 39.2 Å². The molecule has 2 nitrogen and oxygen atoms in total. The topological polar surface area (TPSA) is 35.2 Å². The Kier molecular flexibility index (Phi) is 4.66. The van der Waals surface area contributed by atoms with Crippen LogP contribution in [0.5, 0.6) is 5.75 Å². The minimum atomic E-state index is -0.182. The van der Waals surface area contributed by atoms with Gasteiger partial charge in [-0.3, -0.25) is 0 Å². The largest absolute Gasteiger partial charge is 0.492 e. The normalized spacial score (nSPS) is 11.6. The van der Waals surface area contributed by atoms with Crippen LogP contribution in [0.25, 0.3) is 10.8 Å². The van der Waals surface area contributed by atoms with Crippen molar-refractivity contribution in [3.63, 3.8) is 0 Å². The average Bonchev–Trinajstić information content (AvgIpc) is 2.41. The number of ether oxygens (including phenoxy) is 1. The molecule has 20 heavy (non-hydrogen) atoms. The lowest BCUT2D eigenvalue weighted by Gasteiger charge is -2.23. The number of hydrogen-bond donors (Lipinski definition) is 1. The van der Waals surface area contributed by atoms with Crippen LogP contribution in [0.15, 0.2) is 40.9 Å². The van der Waals surface area contributed by atoms with Gasteiger partial charge in [0, 0.05) is 5.41 Å². The maximum absolute atomic E-state index is 5.87. The molecule has 0 spiro atoms. The summed E-state index contributed by atoms with van der Waals surface area (Å²) < 4.78 is 6.86. The lowest BCUT2D eigenvalue weighted by molar-refractivity contribution is 0.269. The van der Waals surface area contributed by atoms with E-state index in [4.69, 9.17) is 22.7 Å². The molecule has 0 amide bonds. The van der Waals surface area contributed by atoms with Crippen molar-refractivity contribution < 1.29 is 4.74 Å². The van der Waals surface area contributed by atoms with Crippen LogP contribution in [0.3, 0.4) is 0 Å². The minimum Gasteiger partial charge on any atom is -0.492 e. The molecule has 0 aliphatic rings. The van der Waals surface area contributed by atoms with Crippen molar-refractivity contribution in [3.8, 4) is 5.75 Å². The summed E-state index contributed by atoms with van der Waals surface area (Å²) in [6.07, 6.45) is 0.793. The van der Waals surface area contributed by atoms with Gasteiger partial charge in [-0.2, -0.15) is 0 Å². The van der Waals surface area contributed by atoms with Crippen LogP contribution >= 0.6 is 28.1 Å². The minimum absolute atomic E-state index is 0.182. The zero-order chi connectivity index (χ0) is 14.8. The standard InChI is InChI=1S/C16H18BrNOS/c1-16(2,15(18)20)9-10-19-13-8-7-11-5-3-4-6-12(11)14(13)17/h3-8H,9-10H2,1-2H3,(H2,18,20). The third-order valence-corrected chi connectivity index (χ3v) is 4.85. The number of halogens is 1. The first-order chi connectivity index (χ1) is 9.42. The van der Waals surface area contributed by atoms with Crippen LogP contribution in [0.2, 0.25) is 0 Å². The Morgan fingerprint density at radius 2 is 1.95 bits per heavy atom. The van der Waals surface area contributed by atoms with E-state index < -0.39 is 0 Å². The van der Waals surface area contributed by atoms with Crippen molar-refractivity contribution in [3.05, 3.63) is 40.9 Å². The summed E-state index contributed by atoms with van der Waals surface area (Å²) in [4.78, 5) is 0.527. The summed E-state index contributed by atoms with van der Waals surface area (Å²) in [5.74, 6) is 0.849. The molecule has 0 unspecified atom stereocenters. The number of fused-ring (bicyclic) bond motifs is 1. The monoisotopic (exact) mass is 351 g/mol. The Bertz CT molecular complexity index is 639. The predicted molar refractivity (Wildman–Crippen MR) is 92.3 cm³/mol. The fraction of sp³-hybridized carbons (Fsp3) is 0.312. The van der Waals surface area contributed by atoms with Crippen molar-refractivity contribution in [1.82, 2.24) is 0 Å². The van der Waals surface area contributed by atoms with Gasteiger partial charge in [-0.15, -0.1) is 0 Å². The SMILES string of the molecule is CC(C)(CCOc1ccc2ccccc2c1Br)C(N)=S. The van der Waals surface area contributed by atoms with E-state index >= 15 is 0 Å². The first kappa shape index (κ1) is 15.3. The first-order valence-corrected chi connectivity index (χ1v) is 7.72. The number of rotatable bonds is 5. The van der Waals surface area contributed by atoms with Gasteiger partial charge in [0.05, 0.1) is 16.1 Å². The fourth-order valence-electron chi connectivity index (χ4n) is 1.86. The molecule has 2 N–H and O–H groups in total. The van der Waals surface area contributed by atoms with Crippen molar-refractivity contribution in [2.75, 3.05) is 6.61 Å². The molecule has 0 bridgehead atoms. The Morgan fingerprint density at radius 3 is 2.65 bits per heavy atom. The Balaban J connectivity index is 2.11.